The fourth-order valence-corrected chi connectivity index (χ4v) is 1.03. The molecule has 0 unspecified atom stereocenters. The summed E-state index contributed by atoms with van der Waals surface area (Å²) < 4.78 is 0. The number of imide groups is 1. The summed E-state index contributed by atoms with van der Waals surface area (Å²) in [5.74, 6) is 3.98. The van der Waals surface area contributed by atoms with Gasteiger partial charge in [0.15, 0.2) is 0 Å². The number of nitrogens with one attached hydrogen (secondary N) is 2. The second-order valence-corrected chi connectivity index (χ2v) is 3.03. The monoisotopic (exact) mass is 269 g/mol. The van der Waals surface area contributed by atoms with Crippen molar-refractivity contribution in [1.82, 2.24) is 10.7 Å². The first-order chi connectivity index (χ1) is 8.13. The Bertz CT molecular complexity index is 444. The second kappa shape index (κ2) is 7.99. The molecule has 0 aromatic heterocycles. The molecule has 3 amide bonds. The fraction of sp³-hybridized carbons (Fsp3) is 0. The molecule has 0 saturated carbocycles. The number of amides is 3. The van der Waals surface area contributed by atoms with E-state index in [0.29, 0.717) is 5.56 Å². The minimum Gasteiger partial charge on any atom is -0.290 e. The van der Waals surface area contributed by atoms with Gasteiger partial charge in [-0.05, 0) is 12.1 Å². The molecule has 0 saturated heterocycles. The van der Waals surface area contributed by atoms with Crippen LogP contribution in [0.25, 0.3) is 0 Å². The van der Waals surface area contributed by atoms with Crippen molar-refractivity contribution in [2.24, 2.45) is 5.84 Å². The average Bonchev–Trinajstić information content (AvgIpc) is 2.74. The lowest BCUT2D eigenvalue weighted by molar-refractivity contribution is -0.123. The lowest BCUT2D eigenvalue weighted by Crippen LogP contribution is -2.29. The molecule has 18 heavy (non-hydrogen) atoms. The van der Waals surface area contributed by atoms with Crippen LogP contribution in [-0.2, 0) is 9.59 Å². The van der Waals surface area contributed by atoms with Gasteiger partial charge in [0.05, 0.1) is 0 Å². The highest BCUT2D eigenvalue weighted by atomic mass is 35.5. The number of nitrogen functional groups attached to an aromatic ring is 1. The van der Waals surface area contributed by atoms with Gasteiger partial charge in [-0.3, -0.25) is 25.1 Å². The van der Waals surface area contributed by atoms with Gasteiger partial charge < -0.3 is 0 Å². The first-order valence-corrected chi connectivity index (χ1v) is 4.72. The van der Waals surface area contributed by atoms with Crippen LogP contribution in [0, 0.1) is 0 Å². The summed E-state index contributed by atoms with van der Waals surface area (Å²) in [6.07, 6.45) is 2.39. The van der Waals surface area contributed by atoms with Crippen LogP contribution in [0.3, 0.4) is 0 Å². The number of hydrazine groups is 1. The number of halogens is 1. The maximum atomic E-state index is 10.8. The predicted molar refractivity (Wildman–Crippen MR) is 67.6 cm³/mol. The normalized spacial score (nSPS) is 11.8. The zero-order valence-electron chi connectivity index (χ0n) is 9.25. The first-order valence-electron chi connectivity index (χ1n) is 4.72. The van der Waals surface area contributed by atoms with Crippen molar-refractivity contribution >= 4 is 30.1 Å². The van der Waals surface area contributed by atoms with Gasteiger partial charge in [0.25, 0.3) is 17.7 Å². The van der Waals surface area contributed by atoms with Crippen molar-refractivity contribution < 1.29 is 14.4 Å². The van der Waals surface area contributed by atoms with Crippen LogP contribution >= 0.6 is 12.4 Å². The van der Waals surface area contributed by atoms with Crippen LogP contribution < -0.4 is 16.6 Å². The van der Waals surface area contributed by atoms with E-state index >= 15 is 0 Å². The molecule has 0 radical (unpaired) electrons. The Hall–Kier alpha value is -2.18. The van der Waals surface area contributed by atoms with E-state index < -0.39 is 0 Å². The topological polar surface area (TPSA) is 101 Å². The molecule has 0 aliphatic carbocycles. The molecule has 0 bridgehead atoms. The van der Waals surface area contributed by atoms with Crippen LogP contribution in [0.5, 0.6) is 0 Å². The Morgan fingerprint density at radius 1 is 1.06 bits per heavy atom. The van der Waals surface area contributed by atoms with Crippen LogP contribution in [0.2, 0.25) is 0 Å². The van der Waals surface area contributed by atoms with E-state index in [4.69, 9.17) is 5.84 Å². The number of carbonyl (C=O) groups excluding carboxylic acids is 3. The molecule has 0 atom stereocenters. The summed E-state index contributed by atoms with van der Waals surface area (Å²) in [5, 5.41) is 2.03. The van der Waals surface area contributed by atoms with E-state index in [1.807, 2.05) is 16.8 Å². The third-order valence-corrected chi connectivity index (χ3v) is 1.80. The quantitative estimate of drug-likeness (QED) is 0.287. The Morgan fingerprint density at radius 3 is 1.89 bits per heavy atom. The molecule has 1 aliphatic rings. The fourth-order valence-electron chi connectivity index (χ4n) is 1.03. The zero-order valence-corrected chi connectivity index (χ0v) is 10.1. The lowest BCUT2D eigenvalue weighted by atomic mass is 10.2. The first kappa shape index (κ1) is 15.8. The third kappa shape index (κ3) is 5.24. The molecule has 6 nitrogen and oxygen atoms in total. The van der Waals surface area contributed by atoms with E-state index in [9.17, 15) is 14.4 Å². The van der Waals surface area contributed by atoms with Crippen molar-refractivity contribution in [3.05, 3.63) is 48.0 Å². The summed E-state index contributed by atoms with van der Waals surface area (Å²) in [5.41, 5.74) is 2.62. The van der Waals surface area contributed by atoms with E-state index in [1.165, 1.54) is 12.2 Å². The molecule has 0 fully saturated rings. The molecule has 1 heterocycles. The molecule has 96 valence electrons. The van der Waals surface area contributed by atoms with Gasteiger partial charge in [0, 0.05) is 17.7 Å². The summed E-state index contributed by atoms with van der Waals surface area (Å²) >= 11 is 0. The van der Waals surface area contributed by atoms with Gasteiger partial charge in [-0.25, -0.2) is 5.84 Å². The van der Waals surface area contributed by atoms with Gasteiger partial charge in [-0.15, -0.1) is 12.4 Å². The van der Waals surface area contributed by atoms with Gasteiger partial charge in [0.1, 0.15) is 0 Å². The predicted octanol–water partition coefficient (Wildman–Crippen LogP) is -0.0891. The number of nitrogens with two attached hydrogens (primary N) is 1. The number of rotatable bonds is 1. The van der Waals surface area contributed by atoms with E-state index in [-0.39, 0.29) is 30.1 Å². The zero-order chi connectivity index (χ0) is 12.7. The minimum atomic E-state index is -0.329. The van der Waals surface area contributed by atoms with Crippen molar-refractivity contribution in [3.8, 4) is 0 Å². The highest BCUT2D eigenvalue weighted by Gasteiger charge is 2.06. The molecule has 1 aromatic carbocycles. The second-order valence-electron chi connectivity index (χ2n) is 3.03. The molecular weight excluding hydrogens is 258 g/mol. The van der Waals surface area contributed by atoms with Gasteiger partial charge in [-0.2, -0.15) is 0 Å². The largest absolute Gasteiger partial charge is 0.290 e. The van der Waals surface area contributed by atoms with Crippen molar-refractivity contribution in [2.45, 2.75) is 0 Å². The molecule has 1 aliphatic heterocycles. The highest BCUT2D eigenvalue weighted by Crippen LogP contribution is 1.95. The Kier molecular flexibility index (Phi) is 7.02. The van der Waals surface area contributed by atoms with Gasteiger partial charge in [-0.1, -0.05) is 18.2 Å². The number of hydrogen-bond acceptors (Lipinski definition) is 4. The van der Waals surface area contributed by atoms with E-state index in [0.717, 1.165) is 0 Å². The molecule has 7 heteroatoms. The number of carbonyl (C=O) groups is 3. The van der Waals surface area contributed by atoms with Crippen LogP contribution in [0.4, 0.5) is 0 Å². The molecule has 0 spiro atoms. The van der Waals surface area contributed by atoms with Gasteiger partial charge >= 0.3 is 0 Å². The Balaban J connectivity index is 0.000000321. The standard InChI is InChI=1S/C7H8N2O.C4H3NO2.ClH/c8-9-7(10)6-4-2-1-3-5-6;6-3-1-2-4(7)5-3;/h1-5H,8H2,(H,9,10);1-2H,(H,5,6,7);1H. The molecule has 1 aromatic rings. The van der Waals surface area contributed by atoms with Crippen LogP contribution in [0.1, 0.15) is 10.4 Å². The summed E-state index contributed by atoms with van der Waals surface area (Å²) in [6, 6.07) is 8.80. The maximum Gasteiger partial charge on any atom is 0.265 e. The molecule has 4 N–H and O–H groups in total. The number of hydrogen-bond donors (Lipinski definition) is 3. The van der Waals surface area contributed by atoms with Crippen LogP contribution in [0.15, 0.2) is 42.5 Å². The van der Waals surface area contributed by atoms with Crippen molar-refractivity contribution in [3.63, 3.8) is 0 Å². The highest BCUT2D eigenvalue weighted by molar-refractivity contribution is 6.12. The maximum absolute atomic E-state index is 10.8. The smallest absolute Gasteiger partial charge is 0.265 e. The summed E-state index contributed by atoms with van der Waals surface area (Å²) in [6.45, 7) is 0. The third-order valence-electron chi connectivity index (χ3n) is 1.80. The minimum absolute atomic E-state index is 0. The summed E-state index contributed by atoms with van der Waals surface area (Å²) in [4.78, 5) is 30.8. The van der Waals surface area contributed by atoms with E-state index in [1.54, 1.807) is 24.3 Å². The van der Waals surface area contributed by atoms with Crippen LogP contribution in [-0.4, -0.2) is 17.7 Å². The molecule has 2 rings (SSSR count). The Morgan fingerprint density at radius 2 is 1.56 bits per heavy atom. The van der Waals surface area contributed by atoms with Crippen molar-refractivity contribution in [2.75, 3.05) is 0 Å². The number of benzene rings is 1. The lowest BCUT2D eigenvalue weighted by Gasteiger charge is -1.95. The van der Waals surface area contributed by atoms with E-state index in [2.05, 4.69) is 0 Å². The SMILES string of the molecule is Cl.NNC(=O)c1ccccc1.O=C1C=CC(=O)N1. The molecular formula is C11H12ClN3O3. The summed E-state index contributed by atoms with van der Waals surface area (Å²) in [7, 11) is 0. The van der Waals surface area contributed by atoms with Gasteiger partial charge in [0.2, 0.25) is 0 Å². The van der Waals surface area contributed by atoms with Crippen molar-refractivity contribution in [1.29, 1.82) is 0 Å². The Labute approximate surface area is 110 Å². The average molecular weight is 270 g/mol.